The quantitative estimate of drug-likeness (QED) is 0.856. The third kappa shape index (κ3) is 4.68. The van der Waals surface area contributed by atoms with Crippen molar-refractivity contribution >= 4 is 6.09 Å². The van der Waals surface area contributed by atoms with Gasteiger partial charge in [0.25, 0.3) is 0 Å². The Morgan fingerprint density at radius 2 is 1.84 bits per heavy atom. The van der Waals surface area contributed by atoms with Crippen molar-refractivity contribution in [2.45, 2.75) is 84.0 Å². The highest BCUT2D eigenvalue weighted by molar-refractivity contribution is 5.69. The van der Waals surface area contributed by atoms with Crippen LogP contribution in [0.1, 0.15) is 60.3 Å². The van der Waals surface area contributed by atoms with Gasteiger partial charge in [-0.15, -0.1) is 0 Å². The van der Waals surface area contributed by atoms with Crippen molar-refractivity contribution in [3.8, 4) is 0 Å². The molecule has 2 atom stereocenters. The Hall–Kier alpha value is -0.770. The van der Waals surface area contributed by atoms with Gasteiger partial charge >= 0.3 is 6.09 Å². The van der Waals surface area contributed by atoms with Gasteiger partial charge in [0.2, 0.25) is 0 Å². The van der Waals surface area contributed by atoms with E-state index >= 15 is 0 Å². The second-order valence-corrected chi connectivity index (χ2v) is 6.73. The van der Waals surface area contributed by atoms with Crippen LogP contribution in [0.3, 0.4) is 0 Å². The van der Waals surface area contributed by atoms with E-state index in [0.717, 1.165) is 12.8 Å². The molecule has 1 fully saturated rings. The van der Waals surface area contributed by atoms with E-state index in [1.54, 1.807) is 0 Å². The van der Waals surface area contributed by atoms with Crippen molar-refractivity contribution in [3.05, 3.63) is 0 Å². The van der Waals surface area contributed by atoms with Crippen LogP contribution in [0.5, 0.6) is 0 Å². The largest absolute Gasteiger partial charge is 0.444 e. The molecule has 0 aromatic heterocycles. The van der Waals surface area contributed by atoms with Gasteiger partial charge in [0.15, 0.2) is 0 Å². The Bertz CT molecular complexity index is 297. The zero-order valence-electron chi connectivity index (χ0n) is 13.3. The summed E-state index contributed by atoms with van der Waals surface area (Å²) in [5.41, 5.74) is -0.436. The van der Waals surface area contributed by atoms with Crippen molar-refractivity contribution in [1.82, 2.24) is 10.2 Å². The highest BCUT2D eigenvalue weighted by atomic mass is 16.6. The van der Waals surface area contributed by atoms with E-state index in [9.17, 15) is 4.79 Å². The molecule has 0 aromatic rings. The molecule has 1 N–H and O–H groups in total. The highest BCUT2D eigenvalue weighted by Gasteiger charge is 2.35. The summed E-state index contributed by atoms with van der Waals surface area (Å²) >= 11 is 0. The van der Waals surface area contributed by atoms with E-state index in [1.165, 1.54) is 12.8 Å². The number of rotatable bonds is 3. The van der Waals surface area contributed by atoms with Gasteiger partial charge in [0.05, 0.1) is 6.04 Å². The smallest absolute Gasteiger partial charge is 0.410 e. The minimum absolute atomic E-state index is 0.161. The van der Waals surface area contributed by atoms with Crippen molar-refractivity contribution in [2.24, 2.45) is 0 Å². The molecule has 19 heavy (non-hydrogen) atoms. The molecule has 1 amide bonds. The molecule has 112 valence electrons. The van der Waals surface area contributed by atoms with Crippen LogP contribution in [-0.2, 0) is 4.74 Å². The first-order valence-electron chi connectivity index (χ1n) is 7.45. The molecule has 0 saturated heterocycles. The monoisotopic (exact) mass is 270 g/mol. The van der Waals surface area contributed by atoms with Crippen LogP contribution in [-0.4, -0.2) is 41.8 Å². The van der Waals surface area contributed by atoms with E-state index < -0.39 is 5.60 Å². The predicted molar refractivity (Wildman–Crippen MR) is 78.3 cm³/mol. The van der Waals surface area contributed by atoms with E-state index in [4.69, 9.17) is 4.74 Å². The van der Waals surface area contributed by atoms with Crippen LogP contribution in [0, 0.1) is 0 Å². The molecule has 0 aliphatic heterocycles. The third-order valence-electron chi connectivity index (χ3n) is 3.62. The lowest BCUT2D eigenvalue weighted by molar-refractivity contribution is -0.000496. The lowest BCUT2D eigenvalue weighted by atomic mass is 9.89. The number of amides is 1. The Balaban J connectivity index is 2.83. The van der Waals surface area contributed by atoms with Crippen LogP contribution in [0.4, 0.5) is 4.79 Å². The molecular weight excluding hydrogens is 240 g/mol. The Morgan fingerprint density at radius 1 is 1.26 bits per heavy atom. The summed E-state index contributed by atoms with van der Waals surface area (Å²) in [6.07, 6.45) is 4.43. The van der Waals surface area contributed by atoms with Gasteiger partial charge in [0, 0.05) is 12.1 Å². The summed E-state index contributed by atoms with van der Waals surface area (Å²) in [6.45, 7) is 9.87. The molecule has 2 unspecified atom stereocenters. The summed E-state index contributed by atoms with van der Waals surface area (Å²) in [4.78, 5) is 14.4. The van der Waals surface area contributed by atoms with Crippen LogP contribution in [0.15, 0.2) is 0 Å². The molecule has 1 rings (SSSR count). The fraction of sp³-hybridized carbons (Fsp3) is 0.933. The van der Waals surface area contributed by atoms with Crippen LogP contribution in [0.25, 0.3) is 0 Å². The van der Waals surface area contributed by atoms with Gasteiger partial charge in [-0.05, 0) is 54.5 Å². The first-order valence-corrected chi connectivity index (χ1v) is 7.45. The van der Waals surface area contributed by atoms with E-state index in [-0.39, 0.29) is 18.2 Å². The fourth-order valence-corrected chi connectivity index (χ4v) is 2.82. The summed E-state index contributed by atoms with van der Waals surface area (Å²) in [7, 11) is 1.98. The van der Waals surface area contributed by atoms with Crippen molar-refractivity contribution < 1.29 is 9.53 Å². The molecule has 4 nitrogen and oxygen atoms in total. The Kier molecular flexibility index (Phi) is 5.65. The number of hydrogen-bond acceptors (Lipinski definition) is 3. The summed E-state index contributed by atoms with van der Waals surface area (Å²) < 4.78 is 5.57. The standard InChI is InChI=1S/C15H30N2O2/c1-11(2)17(14(18)19-15(3,4)5)13-10-8-7-9-12(13)16-6/h11-13,16H,7-10H2,1-6H3. The molecule has 4 heteroatoms. The highest BCUT2D eigenvalue weighted by Crippen LogP contribution is 2.26. The summed E-state index contributed by atoms with van der Waals surface area (Å²) in [5, 5.41) is 3.36. The number of ether oxygens (including phenoxy) is 1. The Morgan fingerprint density at radius 3 is 2.32 bits per heavy atom. The minimum Gasteiger partial charge on any atom is -0.444 e. The number of likely N-dealkylation sites (N-methyl/N-ethyl adjacent to an activating group) is 1. The van der Waals surface area contributed by atoms with Gasteiger partial charge in [-0.1, -0.05) is 12.8 Å². The molecule has 0 heterocycles. The minimum atomic E-state index is -0.436. The van der Waals surface area contributed by atoms with Crippen molar-refractivity contribution in [3.63, 3.8) is 0 Å². The molecule has 0 spiro atoms. The number of nitrogens with zero attached hydrogens (tertiary/aromatic N) is 1. The zero-order valence-corrected chi connectivity index (χ0v) is 13.3. The van der Waals surface area contributed by atoms with Crippen LogP contribution < -0.4 is 5.32 Å². The molecule has 1 saturated carbocycles. The normalized spacial score (nSPS) is 24.4. The van der Waals surface area contributed by atoms with E-state index in [0.29, 0.717) is 6.04 Å². The maximum absolute atomic E-state index is 12.4. The number of nitrogens with one attached hydrogen (secondary N) is 1. The van der Waals surface area contributed by atoms with Gasteiger partial charge in [-0.2, -0.15) is 0 Å². The summed E-state index contributed by atoms with van der Waals surface area (Å²) in [5.74, 6) is 0. The second kappa shape index (κ2) is 6.60. The molecular formula is C15H30N2O2. The number of carbonyl (C=O) groups excluding carboxylic acids is 1. The second-order valence-electron chi connectivity index (χ2n) is 6.73. The van der Waals surface area contributed by atoms with Gasteiger partial charge < -0.3 is 15.0 Å². The molecule has 1 aliphatic rings. The summed E-state index contributed by atoms with van der Waals surface area (Å²) in [6, 6.07) is 0.783. The van der Waals surface area contributed by atoms with Crippen molar-refractivity contribution in [1.29, 1.82) is 0 Å². The zero-order chi connectivity index (χ0) is 14.6. The first-order chi connectivity index (χ1) is 8.76. The van der Waals surface area contributed by atoms with Gasteiger partial charge in [-0.25, -0.2) is 4.79 Å². The first kappa shape index (κ1) is 16.3. The molecule has 1 aliphatic carbocycles. The number of hydrogen-bond donors (Lipinski definition) is 1. The number of carbonyl (C=O) groups is 1. The maximum atomic E-state index is 12.4. The average Bonchev–Trinajstić information content (AvgIpc) is 2.26. The fourth-order valence-electron chi connectivity index (χ4n) is 2.82. The maximum Gasteiger partial charge on any atom is 0.410 e. The van der Waals surface area contributed by atoms with Gasteiger partial charge in [-0.3, -0.25) is 0 Å². The SMILES string of the molecule is CNC1CCCCC1N(C(=O)OC(C)(C)C)C(C)C. The lowest BCUT2D eigenvalue weighted by Gasteiger charge is -2.42. The lowest BCUT2D eigenvalue weighted by Crippen LogP contribution is -2.56. The van der Waals surface area contributed by atoms with Crippen molar-refractivity contribution in [2.75, 3.05) is 7.05 Å². The van der Waals surface area contributed by atoms with Gasteiger partial charge in [0.1, 0.15) is 5.60 Å². The predicted octanol–water partition coefficient (Wildman–Crippen LogP) is 3.16. The third-order valence-corrected chi connectivity index (χ3v) is 3.62. The topological polar surface area (TPSA) is 41.6 Å². The van der Waals surface area contributed by atoms with Crippen LogP contribution in [0.2, 0.25) is 0 Å². The molecule has 0 bridgehead atoms. The Labute approximate surface area is 117 Å². The molecule has 0 radical (unpaired) electrons. The van der Waals surface area contributed by atoms with E-state index in [2.05, 4.69) is 19.2 Å². The van der Waals surface area contributed by atoms with Crippen LogP contribution >= 0.6 is 0 Å². The average molecular weight is 270 g/mol. The molecule has 0 aromatic carbocycles. The van der Waals surface area contributed by atoms with E-state index in [1.807, 2.05) is 32.7 Å².